The number of aliphatic carboxylic acids is 1. The smallest absolute Gasteiger partial charge is 0.325 e. The number of carbonyl (C=O) groups excluding carboxylic acids is 22. The molecule has 22 atom stereocenters. The predicted molar refractivity (Wildman–Crippen MR) is 460 cm³/mol. The van der Waals surface area contributed by atoms with Crippen molar-refractivity contribution in [2.24, 2.45) is 5.73 Å². The lowest BCUT2D eigenvalue weighted by molar-refractivity contribution is -0.141. The molecule has 0 fully saturated rings. The molecule has 0 aromatic heterocycles. The molecular formula is C68H115N23O29S6. The summed E-state index contributed by atoms with van der Waals surface area (Å²) in [6.45, 7) is 7.86. The van der Waals surface area contributed by atoms with E-state index in [4.69, 9.17) is 10.8 Å². The molecule has 0 aromatic rings. The molecular weight excluding hydrogens is 1800 g/mol. The molecule has 0 rings (SSSR count). The summed E-state index contributed by atoms with van der Waals surface area (Å²) in [4.78, 5) is 297. The molecule has 0 aliphatic rings. The Balaban J connectivity index is 5.61. The normalized spacial score (nSPS) is 16.2. The van der Waals surface area contributed by atoms with Crippen LogP contribution in [-0.4, -0.2) is 374 Å². The Labute approximate surface area is 754 Å². The van der Waals surface area contributed by atoms with Crippen LogP contribution in [0.25, 0.3) is 0 Å². The van der Waals surface area contributed by atoms with Gasteiger partial charge in [0.1, 0.15) is 103 Å². The number of hydrogen-bond acceptors (Lipinski definition) is 35. The van der Waals surface area contributed by atoms with Gasteiger partial charge in [0.15, 0.2) is 0 Å². The summed E-state index contributed by atoms with van der Waals surface area (Å²) in [6.07, 6.45) is -8.79. The Hall–Kier alpha value is -10.3. The maximum atomic E-state index is 13.6. The van der Waals surface area contributed by atoms with Crippen LogP contribution in [0.15, 0.2) is 0 Å². The summed E-state index contributed by atoms with van der Waals surface area (Å²) in [5, 5.41) is 110. The first kappa shape index (κ1) is 116. The minimum absolute atomic E-state index is 0.147. The molecule has 0 saturated heterocycles. The zero-order valence-corrected chi connectivity index (χ0v) is 75.4. The summed E-state index contributed by atoms with van der Waals surface area (Å²) in [6, 6.07) is -26.5. The van der Waals surface area contributed by atoms with Crippen LogP contribution in [0.5, 0.6) is 0 Å². The third kappa shape index (κ3) is 42.3. The van der Waals surface area contributed by atoms with Gasteiger partial charge >= 0.3 is 5.97 Å². The Bertz CT molecular complexity index is 3860. The standard InChI is InChI=1S/C68H115N23O29S6/c1-24(52(103)72-15-43(99)76-26(3)55(106)82-35(18-121)57(108)73-16-45(101)77-29(6)68(119)120)75-44(100)17-74-63(114)47(30(7)92)88-62(113)40(23-126)86-65(116)50(33(10)95)91-66(117)48(31(8)93)87-46(102)14-70-42(98)13-71-53(104)25(2)80-64(115)49(32(9)94)90-67(118)51(34(11)96)89-61(112)39(22-125)85-60(111)38(21-124)84-59(110)37(20-123)83-56(107)28(5)78-54(105)27(4)79-58(109)36(19-122)81-41(97)12-69/h24-40,47-51,92-96,121-126H,12-23,69H2,1-11H3,(H,70,98)(H,71,104)(H,72,103)(H,73,108)(H,74,114)(H,75,100)(H,76,99)(H,77,101)(H,78,105)(H,79,109)(H,80,115)(H,81,97)(H,82,106)(H,83,107)(H,84,110)(H,85,111)(H,86,116)(H,87,102)(H,88,113)(H,89,112)(H,90,118)(H,91,117)(H,119,120)/t24-,25-,26-,27-,28-,29-,30+,31+,32+,33+,34+,35-,36-,37-,38-,39-,40-,47-,48-,49-,50-,51-/m0/s1. The van der Waals surface area contributed by atoms with Crippen LogP contribution < -0.4 is 123 Å². The number of aliphatic hydroxyl groups is 5. The van der Waals surface area contributed by atoms with E-state index in [1.165, 1.54) is 34.6 Å². The summed E-state index contributed by atoms with van der Waals surface area (Å²) in [7, 11) is 0. The summed E-state index contributed by atoms with van der Waals surface area (Å²) in [5.41, 5.74) is 5.27. The lowest BCUT2D eigenvalue weighted by Crippen LogP contribution is -2.63. The molecule has 0 saturated carbocycles. The third-order valence-electron chi connectivity index (χ3n) is 17.1. The Kier molecular flexibility index (Phi) is 54.0. The van der Waals surface area contributed by atoms with E-state index in [2.05, 4.69) is 193 Å². The molecule has 0 aliphatic heterocycles. The monoisotopic (exact) mass is 1910 g/mol. The molecule has 0 spiro atoms. The number of carbonyl (C=O) groups is 23. The fourth-order valence-corrected chi connectivity index (χ4v) is 11.3. The number of carboxylic acid groups (broad SMARTS) is 1. The van der Waals surface area contributed by atoms with Gasteiger partial charge in [0.25, 0.3) is 0 Å². The fraction of sp³-hybridized carbons (Fsp3) is 0.662. The van der Waals surface area contributed by atoms with Crippen molar-refractivity contribution < 1.29 is 141 Å². The Morgan fingerprint density at radius 2 is 0.421 bits per heavy atom. The molecule has 0 aliphatic carbocycles. The summed E-state index contributed by atoms with van der Waals surface area (Å²) < 4.78 is 0. The SMILES string of the molecule is C[C@H](NC(=O)CNC(=O)[C@H](CS)NC(=O)[C@H](C)NC(=O)CNC(=O)[C@H](C)NC(=O)CNC(=O)[C@@H](NC(=O)[C@H](CS)NC(=O)[C@@H](NC(=O)[C@@H](NC(=O)CNC(=O)CNC(=O)[C@H](C)NC(=O)[C@@H](NC(=O)[C@@H](NC(=O)[C@H](CS)NC(=O)[C@H](CS)NC(=O)[C@H](CS)NC(=O)[C@H](C)NC(=O)[C@H](C)NC(=O)[C@H](CS)NC(=O)CN)[C@@H](C)O)[C@@H](C)O)[C@@H](C)O)[C@@H](C)O)[C@@H](C)O)C(=O)O. The summed E-state index contributed by atoms with van der Waals surface area (Å²) >= 11 is 24.3. The molecule has 0 unspecified atom stereocenters. The molecule has 30 N–H and O–H groups in total. The zero-order valence-electron chi connectivity index (χ0n) is 70.0. The number of hydrogen-bond donors (Lipinski definition) is 35. The van der Waals surface area contributed by atoms with Crippen molar-refractivity contribution in [1.29, 1.82) is 0 Å². The van der Waals surface area contributed by atoms with Gasteiger partial charge in [-0.15, -0.1) is 0 Å². The largest absolute Gasteiger partial charge is 0.480 e. The number of nitrogens with one attached hydrogen (secondary N) is 22. The highest BCUT2D eigenvalue weighted by atomic mass is 32.1. The van der Waals surface area contributed by atoms with E-state index in [0.717, 1.165) is 41.5 Å². The van der Waals surface area contributed by atoms with E-state index in [0.29, 0.717) is 0 Å². The van der Waals surface area contributed by atoms with Crippen LogP contribution in [0.1, 0.15) is 76.2 Å². The van der Waals surface area contributed by atoms with Gasteiger partial charge in [-0.05, 0) is 76.2 Å². The number of thiol groups is 6. The molecule has 0 bridgehead atoms. The summed E-state index contributed by atoms with van der Waals surface area (Å²) in [5.74, 6) is -26.3. The number of rotatable bonds is 56. The van der Waals surface area contributed by atoms with E-state index < -0.39 is 326 Å². The van der Waals surface area contributed by atoms with Crippen molar-refractivity contribution in [1.82, 2.24) is 117 Å². The first-order valence-electron chi connectivity index (χ1n) is 38.2. The van der Waals surface area contributed by atoms with Gasteiger partial charge < -0.3 is 153 Å². The van der Waals surface area contributed by atoms with E-state index in [1.54, 1.807) is 0 Å². The minimum atomic E-state index is -1.97. The second-order valence-electron chi connectivity index (χ2n) is 28.0. The van der Waals surface area contributed by atoms with E-state index in [9.17, 15) is 136 Å². The molecule has 126 heavy (non-hydrogen) atoms. The minimum Gasteiger partial charge on any atom is -0.480 e. The molecule has 0 heterocycles. The van der Waals surface area contributed by atoms with Crippen molar-refractivity contribution >= 4 is 212 Å². The lowest BCUT2D eigenvalue weighted by Gasteiger charge is -2.28. The van der Waals surface area contributed by atoms with Gasteiger partial charge in [-0.3, -0.25) is 110 Å². The van der Waals surface area contributed by atoms with Crippen LogP contribution >= 0.6 is 75.8 Å². The van der Waals surface area contributed by atoms with Gasteiger partial charge in [0.05, 0.1) is 69.8 Å². The van der Waals surface area contributed by atoms with Crippen molar-refractivity contribution in [3.05, 3.63) is 0 Å². The molecule has 0 radical (unpaired) electrons. The zero-order chi connectivity index (χ0) is 97.0. The number of aliphatic hydroxyl groups excluding tert-OH is 5. The predicted octanol–water partition coefficient (Wildman–Crippen LogP) is -17.5. The van der Waals surface area contributed by atoms with Crippen molar-refractivity contribution in [3.63, 3.8) is 0 Å². The van der Waals surface area contributed by atoms with Gasteiger partial charge in [-0.2, -0.15) is 75.8 Å². The second kappa shape index (κ2) is 58.9. The van der Waals surface area contributed by atoms with E-state index in [-0.39, 0.29) is 17.3 Å². The van der Waals surface area contributed by atoms with Gasteiger partial charge in [0, 0.05) is 34.5 Å². The average molecular weight is 1910 g/mol. The molecule has 0 aromatic carbocycles. The highest BCUT2D eigenvalue weighted by Crippen LogP contribution is 2.07. The van der Waals surface area contributed by atoms with Crippen LogP contribution in [-0.2, 0) is 110 Å². The van der Waals surface area contributed by atoms with Crippen molar-refractivity contribution in [2.75, 3.05) is 73.8 Å². The quantitative estimate of drug-likeness (QED) is 0.0251. The van der Waals surface area contributed by atoms with E-state index in [1.807, 2.05) is 0 Å². The average Bonchev–Trinajstić information content (AvgIpc) is 0.849. The van der Waals surface area contributed by atoms with Crippen molar-refractivity contribution in [2.45, 2.75) is 209 Å². The lowest BCUT2D eigenvalue weighted by atomic mass is 10.1. The van der Waals surface area contributed by atoms with Crippen LogP contribution in [0.2, 0.25) is 0 Å². The van der Waals surface area contributed by atoms with E-state index >= 15 is 0 Å². The van der Waals surface area contributed by atoms with Gasteiger partial charge in [-0.25, -0.2) is 0 Å². The molecule has 712 valence electrons. The molecule has 58 heteroatoms. The fourth-order valence-electron chi connectivity index (χ4n) is 9.73. The van der Waals surface area contributed by atoms with Crippen molar-refractivity contribution in [3.8, 4) is 0 Å². The highest BCUT2D eigenvalue weighted by molar-refractivity contribution is 7.81. The van der Waals surface area contributed by atoms with Crippen LogP contribution in [0.3, 0.4) is 0 Å². The molecule has 22 amide bonds. The Morgan fingerprint density at radius 1 is 0.214 bits per heavy atom. The maximum Gasteiger partial charge on any atom is 0.325 e. The topological polar surface area (TPSA) is 805 Å². The van der Waals surface area contributed by atoms with Crippen LogP contribution in [0.4, 0.5) is 0 Å². The van der Waals surface area contributed by atoms with Gasteiger partial charge in [-0.1, -0.05) is 0 Å². The Morgan fingerprint density at radius 3 is 0.778 bits per heavy atom. The number of carboxylic acids is 1. The van der Waals surface area contributed by atoms with Gasteiger partial charge in [0.2, 0.25) is 130 Å². The first-order valence-corrected chi connectivity index (χ1v) is 42.0. The number of nitrogens with two attached hydrogens (primary N) is 1. The first-order chi connectivity index (χ1) is 58.7. The number of amides is 22. The van der Waals surface area contributed by atoms with Crippen LogP contribution in [0, 0.1) is 0 Å². The second-order valence-corrected chi connectivity index (χ2v) is 30.2. The third-order valence-corrected chi connectivity index (χ3v) is 19.3. The highest BCUT2D eigenvalue weighted by Gasteiger charge is 2.40. The molecule has 52 nitrogen and oxygen atoms in total. The maximum absolute atomic E-state index is 13.6.